The topological polar surface area (TPSA) is 113 Å². The first-order valence-electron chi connectivity index (χ1n) is 5.70. The SMILES string of the molecule is CN(C)c1nc(NN)nc(Oc2cccc(C#N)c2)n1. The van der Waals surface area contributed by atoms with Gasteiger partial charge in [-0.3, -0.25) is 5.43 Å². The number of nitrogen functional groups attached to an aromatic ring is 1. The van der Waals surface area contributed by atoms with Crippen LogP contribution in [0.15, 0.2) is 24.3 Å². The maximum Gasteiger partial charge on any atom is 0.328 e. The molecule has 0 spiro atoms. The van der Waals surface area contributed by atoms with Gasteiger partial charge in [-0.2, -0.15) is 20.2 Å². The van der Waals surface area contributed by atoms with Crippen molar-refractivity contribution in [3.8, 4) is 17.8 Å². The van der Waals surface area contributed by atoms with Gasteiger partial charge in [0.25, 0.3) is 0 Å². The lowest BCUT2D eigenvalue weighted by Crippen LogP contribution is -2.17. The minimum atomic E-state index is 0.0896. The molecule has 3 N–H and O–H groups in total. The molecule has 8 nitrogen and oxygen atoms in total. The second-order valence-corrected chi connectivity index (χ2v) is 4.02. The normalized spacial score (nSPS) is 9.70. The zero-order valence-corrected chi connectivity index (χ0v) is 11.0. The van der Waals surface area contributed by atoms with E-state index in [0.29, 0.717) is 17.3 Å². The van der Waals surface area contributed by atoms with Crippen LogP contribution < -0.4 is 20.9 Å². The number of nitrogens with one attached hydrogen (secondary N) is 1. The van der Waals surface area contributed by atoms with Crippen molar-refractivity contribution in [3.05, 3.63) is 29.8 Å². The van der Waals surface area contributed by atoms with Gasteiger partial charge in [-0.15, -0.1) is 0 Å². The van der Waals surface area contributed by atoms with Crippen LogP contribution in [0.1, 0.15) is 5.56 Å². The lowest BCUT2D eigenvalue weighted by Gasteiger charge is -2.12. The fourth-order valence-corrected chi connectivity index (χ4v) is 1.39. The molecule has 0 amide bonds. The van der Waals surface area contributed by atoms with Crippen LogP contribution in [0.5, 0.6) is 11.8 Å². The van der Waals surface area contributed by atoms with Gasteiger partial charge < -0.3 is 9.64 Å². The molecule has 0 aliphatic rings. The average Bonchev–Trinajstić information content (AvgIpc) is 2.47. The predicted molar refractivity (Wildman–Crippen MR) is 73.2 cm³/mol. The second kappa shape index (κ2) is 5.81. The summed E-state index contributed by atoms with van der Waals surface area (Å²) in [5, 5.41) is 8.85. The molecule has 0 aliphatic carbocycles. The van der Waals surface area contributed by atoms with E-state index in [4.69, 9.17) is 15.8 Å². The number of anilines is 2. The fraction of sp³-hybridized carbons (Fsp3) is 0.167. The van der Waals surface area contributed by atoms with E-state index in [1.807, 2.05) is 6.07 Å². The number of aromatic nitrogens is 3. The van der Waals surface area contributed by atoms with Gasteiger partial charge in [0.2, 0.25) is 11.9 Å². The largest absolute Gasteiger partial charge is 0.424 e. The number of nitrogens with zero attached hydrogens (tertiary/aromatic N) is 5. The van der Waals surface area contributed by atoms with Crippen LogP contribution in [0, 0.1) is 11.3 Å². The summed E-state index contributed by atoms with van der Waals surface area (Å²) in [5.41, 5.74) is 2.84. The maximum absolute atomic E-state index is 8.85. The van der Waals surface area contributed by atoms with Crippen LogP contribution in [0.3, 0.4) is 0 Å². The molecule has 2 rings (SSSR count). The molecule has 102 valence electrons. The number of benzene rings is 1. The number of rotatable bonds is 4. The Kier molecular flexibility index (Phi) is 3.93. The lowest BCUT2D eigenvalue weighted by molar-refractivity contribution is 0.440. The third kappa shape index (κ3) is 3.09. The Balaban J connectivity index is 2.32. The van der Waals surface area contributed by atoms with Crippen LogP contribution in [0.25, 0.3) is 0 Å². The van der Waals surface area contributed by atoms with Gasteiger partial charge in [0.15, 0.2) is 0 Å². The first kappa shape index (κ1) is 13.5. The quantitative estimate of drug-likeness (QED) is 0.622. The van der Waals surface area contributed by atoms with Crippen LogP contribution in [0.2, 0.25) is 0 Å². The number of hydrogen-bond acceptors (Lipinski definition) is 8. The summed E-state index contributed by atoms with van der Waals surface area (Å²) in [5.74, 6) is 6.36. The van der Waals surface area contributed by atoms with E-state index in [0.717, 1.165) is 0 Å². The zero-order chi connectivity index (χ0) is 14.5. The van der Waals surface area contributed by atoms with E-state index in [1.54, 1.807) is 43.3 Å². The molecule has 8 heteroatoms. The van der Waals surface area contributed by atoms with Crippen molar-refractivity contribution in [1.82, 2.24) is 15.0 Å². The molecule has 1 heterocycles. The van der Waals surface area contributed by atoms with Gasteiger partial charge in [-0.25, -0.2) is 5.84 Å². The predicted octanol–water partition coefficient (Wildman–Crippen LogP) is 0.887. The zero-order valence-electron chi connectivity index (χ0n) is 11.0. The Morgan fingerprint density at radius 3 is 2.75 bits per heavy atom. The number of ether oxygens (including phenoxy) is 1. The standard InChI is InChI=1S/C12H13N7O/c1-19(2)11-15-10(18-14)16-12(17-11)20-9-5-3-4-8(6-9)7-13/h3-6H,14H2,1-2H3,(H,15,16,17,18). The van der Waals surface area contributed by atoms with Crippen LogP contribution in [-0.4, -0.2) is 29.0 Å². The number of nitriles is 1. The third-order valence-corrected chi connectivity index (χ3v) is 2.30. The summed E-state index contributed by atoms with van der Waals surface area (Å²) in [4.78, 5) is 13.9. The van der Waals surface area contributed by atoms with E-state index in [2.05, 4.69) is 20.4 Å². The summed E-state index contributed by atoms with van der Waals surface area (Å²) in [6, 6.07) is 8.81. The monoisotopic (exact) mass is 271 g/mol. The minimum Gasteiger partial charge on any atom is -0.424 e. The molecule has 0 saturated heterocycles. The Morgan fingerprint density at radius 2 is 2.10 bits per heavy atom. The maximum atomic E-state index is 8.85. The van der Waals surface area contributed by atoms with Crippen LogP contribution in [0.4, 0.5) is 11.9 Å². The van der Waals surface area contributed by atoms with Gasteiger partial charge in [-0.05, 0) is 18.2 Å². The average molecular weight is 271 g/mol. The van der Waals surface area contributed by atoms with Crippen molar-refractivity contribution in [3.63, 3.8) is 0 Å². The van der Waals surface area contributed by atoms with Crippen molar-refractivity contribution in [2.75, 3.05) is 24.4 Å². The van der Waals surface area contributed by atoms with E-state index < -0.39 is 0 Å². The highest BCUT2D eigenvalue weighted by Gasteiger charge is 2.09. The summed E-state index contributed by atoms with van der Waals surface area (Å²) < 4.78 is 5.52. The molecular formula is C12H13N7O. The lowest BCUT2D eigenvalue weighted by atomic mass is 10.2. The third-order valence-electron chi connectivity index (χ3n) is 2.30. The Bertz CT molecular complexity index is 650. The van der Waals surface area contributed by atoms with Crippen molar-refractivity contribution in [1.29, 1.82) is 5.26 Å². The highest BCUT2D eigenvalue weighted by molar-refractivity contribution is 5.40. The smallest absolute Gasteiger partial charge is 0.328 e. The van der Waals surface area contributed by atoms with Gasteiger partial charge >= 0.3 is 6.01 Å². The van der Waals surface area contributed by atoms with E-state index in [-0.39, 0.29) is 12.0 Å². The highest BCUT2D eigenvalue weighted by atomic mass is 16.5. The molecule has 0 unspecified atom stereocenters. The molecule has 0 aliphatic heterocycles. The molecule has 0 atom stereocenters. The van der Waals surface area contributed by atoms with E-state index in [9.17, 15) is 0 Å². The van der Waals surface area contributed by atoms with E-state index in [1.165, 1.54) is 0 Å². The van der Waals surface area contributed by atoms with Crippen molar-refractivity contribution >= 4 is 11.9 Å². The highest BCUT2D eigenvalue weighted by Crippen LogP contribution is 2.21. The summed E-state index contributed by atoms with van der Waals surface area (Å²) in [6.07, 6.45) is 0. The summed E-state index contributed by atoms with van der Waals surface area (Å²) in [7, 11) is 3.57. The Labute approximate surface area is 115 Å². The first-order valence-corrected chi connectivity index (χ1v) is 5.70. The Hall–Kier alpha value is -2.92. The molecule has 1 aromatic carbocycles. The molecule has 0 radical (unpaired) electrons. The molecule has 2 aromatic rings. The molecule has 0 saturated carbocycles. The van der Waals surface area contributed by atoms with Crippen LogP contribution in [-0.2, 0) is 0 Å². The van der Waals surface area contributed by atoms with Gasteiger partial charge in [0.05, 0.1) is 11.6 Å². The fourth-order valence-electron chi connectivity index (χ4n) is 1.39. The molecule has 20 heavy (non-hydrogen) atoms. The van der Waals surface area contributed by atoms with Crippen molar-refractivity contribution in [2.24, 2.45) is 5.84 Å². The molecule has 0 bridgehead atoms. The number of nitrogens with two attached hydrogens (primary N) is 1. The van der Waals surface area contributed by atoms with Gasteiger partial charge in [0.1, 0.15) is 5.75 Å². The molecule has 0 fully saturated rings. The van der Waals surface area contributed by atoms with Gasteiger partial charge in [-0.1, -0.05) is 6.07 Å². The summed E-state index contributed by atoms with van der Waals surface area (Å²) >= 11 is 0. The second-order valence-electron chi connectivity index (χ2n) is 4.02. The van der Waals surface area contributed by atoms with E-state index >= 15 is 0 Å². The minimum absolute atomic E-state index is 0.0896. The van der Waals surface area contributed by atoms with Crippen LogP contribution >= 0.6 is 0 Å². The van der Waals surface area contributed by atoms with Crippen molar-refractivity contribution in [2.45, 2.75) is 0 Å². The molecule has 1 aromatic heterocycles. The first-order chi connectivity index (χ1) is 9.62. The van der Waals surface area contributed by atoms with Gasteiger partial charge in [0, 0.05) is 14.1 Å². The Morgan fingerprint density at radius 1 is 1.30 bits per heavy atom. The summed E-state index contributed by atoms with van der Waals surface area (Å²) in [6.45, 7) is 0. The number of hydrazine groups is 1. The van der Waals surface area contributed by atoms with Crippen molar-refractivity contribution < 1.29 is 4.74 Å². The molecular weight excluding hydrogens is 258 g/mol. The number of hydrogen-bond donors (Lipinski definition) is 2.